The maximum Gasteiger partial charge on any atom is 0.118 e. The molecule has 3 heteroatoms. The monoisotopic (exact) mass is 359 g/mol. The van der Waals surface area contributed by atoms with Gasteiger partial charge in [-0.05, 0) is 55.2 Å². The normalized spacial score (nSPS) is 17.1. The van der Waals surface area contributed by atoms with Gasteiger partial charge in [0.2, 0.25) is 0 Å². The van der Waals surface area contributed by atoms with Gasteiger partial charge in [-0.2, -0.15) is 0 Å². The summed E-state index contributed by atoms with van der Waals surface area (Å²) >= 11 is 3.70. The molecule has 0 radical (unpaired) electrons. The average molecular weight is 360 g/mol. The smallest absolute Gasteiger partial charge is 0.118 e. The van der Waals surface area contributed by atoms with E-state index < -0.39 is 0 Å². The zero-order valence-electron chi connectivity index (χ0n) is 13.4. The number of rotatable bonds is 3. The number of hydrogen-bond acceptors (Lipinski definition) is 2. The maximum absolute atomic E-state index is 5.24. The molecule has 0 unspecified atom stereocenters. The van der Waals surface area contributed by atoms with E-state index in [1.165, 1.54) is 21.2 Å². The third kappa shape index (κ3) is 2.80. The first kappa shape index (κ1) is 15.6. The topological polar surface area (TPSA) is 12.5 Å². The van der Waals surface area contributed by atoms with Crippen molar-refractivity contribution in [2.45, 2.75) is 32.4 Å². The molecular weight excluding hydrogens is 338 g/mol. The predicted molar refractivity (Wildman–Crippen MR) is 94.3 cm³/mol. The van der Waals surface area contributed by atoms with E-state index in [1.807, 2.05) is 12.1 Å². The van der Waals surface area contributed by atoms with Crippen LogP contribution in [-0.2, 0) is 18.5 Å². The molecule has 22 heavy (non-hydrogen) atoms. The molecule has 1 aliphatic rings. The quantitative estimate of drug-likeness (QED) is 0.783. The number of ether oxygens (including phenoxy) is 1. The summed E-state index contributed by atoms with van der Waals surface area (Å²) < 4.78 is 6.48. The van der Waals surface area contributed by atoms with Gasteiger partial charge >= 0.3 is 0 Å². The van der Waals surface area contributed by atoms with Gasteiger partial charge in [0.25, 0.3) is 0 Å². The summed E-state index contributed by atoms with van der Waals surface area (Å²) in [6.45, 7) is 6.68. The molecule has 2 aromatic carbocycles. The van der Waals surface area contributed by atoms with Gasteiger partial charge in [-0.3, -0.25) is 4.90 Å². The summed E-state index contributed by atoms with van der Waals surface area (Å²) in [5.74, 6) is 0.913. The fourth-order valence-electron chi connectivity index (χ4n) is 3.31. The highest BCUT2D eigenvalue weighted by Crippen LogP contribution is 2.38. The van der Waals surface area contributed by atoms with Crippen molar-refractivity contribution >= 4 is 15.9 Å². The lowest BCUT2D eigenvalue weighted by atomic mass is 9.83. The molecule has 0 spiro atoms. The van der Waals surface area contributed by atoms with Crippen molar-refractivity contribution in [3.05, 3.63) is 63.6 Å². The molecule has 2 aromatic rings. The number of nitrogens with zero attached hydrogens (tertiary/aromatic N) is 1. The van der Waals surface area contributed by atoms with Crippen LogP contribution in [-0.4, -0.2) is 18.6 Å². The van der Waals surface area contributed by atoms with Crippen molar-refractivity contribution in [3.8, 4) is 5.75 Å². The molecule has 116 valence electrons. The minimum absolute atomic E-state index is 0.0390. The van der Waals surface area contributed by atoms with Crippen molar-refractivity contribution < 1.29 is 4.74 Å². The summed E-state index contributed by atoms with van der Waals surface area (Å²) in [6.07, 6.45) is 1.09. The van der Waals surface area contributed by atoms with E-state index >= 15 is 0 Å². The predicted octanol–water partition coefficient (Wildman–Crippen LogP) is 4.75. The Morgan fingerprint density at radius 2 is 1.86 bits per heavy atom. The molecular formula is C19H22BrNO. The van der Waals surface area contributed by atoms with Crippen LogP contribution in [0.3, 0.4) is 0 Å². The van der Waals surface area contributed by atoms with Crippen LogP contribution in [0.4, 0.5) is 0 Å². The highest BCUT2D eigenvalue weighted by molar-refractivity contribution is 9.10. The number of halogens is 1. The van der Waals surface area contributed by atoms with Crippen LogP contribution in [0.2, 0.25) is 0 Å². The van der Waals surface area contributed by atoms with Crippen molar-refractivity contribution in [2.75, 3.05) is 13.7 Å². The Labute approximate surface area is 141 Å². The second-order valence-electron chi connectivity index (χ2n) is 6.34. The zero-order valence-corrected chi connectivity index (χ0v) is 15.0. The van der Waals surface area contributed by atoms with Crippen molar-refractivity contribution in [1.82, 2.24) is 4.90 Å². The Balaban J connectivity index is 1.86. The lowest BCUT2D eigenvalue weighted by Crippen LogP contribution is -2.46. The molecule has 0 aliphatic carbocycles. The van der Waals surface area contributed by atoms with E-state index in [4.69, 9.17) is 4.74 Å². The number of benzene rings is 2. The van der Waals surface area contributed by atoms with Crippen LogP contribution in [0.5, 0.6) is 5.75 Å². The number of fused-ring (bicyclic) bond motifs is 1. The molecule has 0 N–H and O–H groups in total. The third-order valence-corrected chi connectivity index (χ3v) is 5.48. The Bertz CT molecular complexity index is 664. The Morgan fingerprint density at radius 1 is 1.14 bits per heavy atom. The van der Waals surface area contributed by atoms with Crippen LogP contribution in [0, 0.1) is 0 Å². The molecule has 0 atom stereocenters. The molecule has 0 saturated heterocycles. The number of methoxy groups -OCH3 is 1. The van der Waals surface area contributed by atoms with Crippen molar-refractivity contribution in [2.24, 2.45) is 0 Å². The molecule has 0 aromatic heterocycles. The first-order valence-electron chi connectivity index (χ1n) is 7.68. The Morgan fingerprint density at radius 3 is 2.55 bits per heavy atom. The van der Waals surface area contributed by atoms with Gasteiger partial charge in [0.05, 0.1) is 7.11 Å². The van der Waals surface area contributed by atoms with Crippen LogP contribution in [0.25, 0.3) is 0 Å². The van der Waals surface area contributed by atoms with Crippen molar-refractivity contribution in [1.29, 1.82) is 0 Å². The highest BCUT2D eigenvalue weighted by atomic mass is 79.9. The summed E-state index contributed by atoms with van der Waals surface area (Å²) in [7, 11) is 1.71. The Hall–Kier alpha value is -1.32. The second kappa shape index (κ2) is 6.05. The van der Waals surface area contributed by atoms with Gasteiger partial charge in [-0.1, -0.05) is 40.2 Å². The third-order valence-electron chi connectivity index (χ3n) is 4.73. The molecule has 0 amide bonds. The molecule has 3 rings (SSSR count). The van der Waals surface area contributed by atoms with Crippen LogP contribution >= 0.6 is 15.9 Å². The van der Waals surface area contributed by atoms with E-state index in [1.54, 1.807) is 7.11 Å². The van der Waals surface area contributed by atoms with E-state index in [9.17, 15) is 0 Å². The first-order chi connectivity index (χ1) is 10.5. The molecule has 1 heterocycles. The van der Waals surface area contributed by atoms with Gasteiger partial charge < -0.3 is 4.74 Å². The van der Waals surface area contributed by atoms with Gasteiger partial charge in [-0.25, -0.2) is 0 Å². The standard InChI is InChI=1S/C19H22BrNO/c1-19(2)17-5-4-6-18(20)16(17)11-12-21(19)13-14-7-9-15(22-3)10-8-14/h4-10H,11-13H2,1-3H3. The lowest BCUT2D eigenvalue weighted by molar-refractivity contribution is 0.0980. The van der Waals surface area contributed by atoms with Gasteiger partial charge in [0.1, 0.15) is 5.75 Å². The maximum atomic E-state index is 5.24. The Kier molecular flexibility index (Phi) is 4.28. The highest BCUT2D eigenvalue weighted by Gasteiger charge is 2.34. The van der Waals surface area contributed by atoms with E-state index in [-0.39, 0.29) is 5.54 Å². The molecule has 1 aliphatic heterocycles. The SMILES string of the molecule is COc1ccc(CN2CCc3c(Br)cccc3C2(C)C)cc1. The molecule has 0 fully saturated rings. The van der Waals surface area contributed by atoms with E-state index in [0.29, 0.717) is 0 Å². The second-order valence-corrected chi connectivity index (χ2v) is 7.20. The summed E-state index contributed by atoms with van der Waals surface area (Å²) in [6, 6.07) is 14.9. The van der Waals surface area contributed by atoms with Crippen LogP contribution in [0.1, 0.15) is 30.5 Å². The minimum atomic E-state index is 0.0390. The van der Waals surface area contributed by atoms with E-state index in [2.05, 4.69) is 65.0 Å². The summed E-state index contributed by atoms with van der Waals surface area (Å²) in [5.41, 5.74) is 4.25. The largest absolute Gasteiger partial charge is 0.497 e. The van der Waals surface area contributed by atoms with Gasteiger partial charge in [-0.15, -0.1) is 0 Å². The molecule has 2 nitrogen and oxygen atoms in total. The van der Waals surface area contributed by atoms with E-state index in [0.717, 1.165) is 25.3 Å². The molecule has 0 saturated carbocycles. The average Bonchev–Trinajstić information content (AvgIpc) is 2.51. The molecule has 0 bridgehead atoms. The first-order valence-corrected chi connectivity index (χ1v) is 8.47. The lowest BCUT2D eigenvalue weighted by Gasteiger charge is -2.44. The zero-order chi connectivity index (χ0) is 15.7. The van der Waals surface area contributed by atoms with Gasteiger partial charge in [0.15, 0.2) is 0 Å². The minimum Gasteiger partial charge on any atom is -0.497 e. The van der Waals surface area contributed by atoms with Crippen LogP contribution < -0.4 is 4.74 Å². The fraction of sp³-hybridized carbons (Fsp3) is 0.368. The van der Waals surface area contributed by atoms with Crippen LogP contribution in [0.15, 0.2) is 46.9 Å². The van der Waals surface area contributed by atoms with Gasteiger partial charge in [0, 0.05) is 23.1 Å². The number of hydrogen-bond donors (Lipinski definition) is 0. The van der Waals surface area contributed by atoms with Crippen molar-refractivity contribution in [3.63, 3.8) is 0 Å². The fourth-order valence-corrected chi connectivity index (χ4v) is 3.88. The summed E-state index contributed by atoms with van der Waals surface area (Å²) in [5, 5.41) is 0. The summed E-state index contributed by atoms with van der Waals surface area (Å²) in [4.78, 5) is 2.56.